The molecule has 2 aliphatic heterocycles. The molecule has 2 saturated heterocycles. The van der Waals surface area contributed by atoms with E-state index in [-0.39, 0.29) is 17.8 Å². The SMILES string of the molecule is Cc1cc(N2CCC(C)C2)cn2nc(C(=O)NC3CCN(c4cccc(C(=NN)NN)n4)CC3)nc12. The van der Waals surface area contributed by atoms with Crippen molar-refractivity contribution >= 4 is 28.9 Å². The van der Waals surface area contributed by atoms with Crippen LogP contribution in [0.4, 0.5) is 11.5 Å². The van der Waals surface area contributed by atoms with Crippen LogP contribution in [0.2, 0.25) is 0 Å². The summed E-state index contributed by atoms with van der Waals surface area (Å²) in [5.74, 6) is 12.6. The lowest BCUT2D eigenvalue weighted by molar-refractivity contribution is 0.0920. The molecule has 0 saturated carbocycles. The fraction of sp³-hybridized carbons (Fsp3) is 0.458. The topological polar surface area (TPSA) is 155 Å². The first-order valence-electron chi connectivity index (χ1n) is 12.3. The maximum Gasteiger partial charge on any atom is 0.291 e. The molecular weight excluding hydrogens is 458 g/mol. The number of hydrazine groups is 1. The molecule has 1 atom stereocenters. The third kappa shape index (κ3) is 4.76. The molecule has 0 bridgehead atoms. The molecule has 2 aliphatic rings. The summed E-state index contributed by atoms with van der Waals surface area (Å²) < 4.78 is 1.74. The Bertz CT molecular complexity index is 1280. The molecule has 190 valence electrons. The van der Waals surface area contributed by atoms with Crippen molar-refractivity contribution in [1.82, 2.24) is 30.3 Å². The van der Waals surface area contributed by atoms with Gasteiger partial charge in [0.25, 0.3) is 5.91 Å². The summed E-state index contributed by atoms with van der Waals surface area (Å²) in [5, 5.41) is 11.2. The quantitative estimate of drug-likeness (QED) is 0.175. The number of hydrogen-bond donors (Lipinski definition) is 4. The molecule has 3 aromatic heterocycles. The van der Waals surface area contributed by atoms with Crippen LogP contribution in [0.25, 0.3) is 5.65 Å². The monoisotopic (exact) mass is 491 g/mol. The van der Waals surface area contributed by atoms with Crippen LogP contribution < -0.4 is 32.2 Å². The molecule has 12 heteroatoms. The van der Waals surface area contributed by atoms with Gasteiger partial charge in [0, 0.05) is 32.2 Å². The van der Waals surface area contributed by atoms with E-state index in [4.69, 9.17) is 11.7 Å². The molecule has 2 fully saturated rings. The largest absolute Gasteiger partial charge is 0.370 e. The lowest BCUT2D eigenvalue weighted by Gasteiger charge is -2.33. The van der Waals surface area contributed by atoms with Crippen molar-refractivity contribution in [3.63, 3.8) is 0 Å². The second kappa shape index (κ2) is 9.97. The van der Waals surface area contributed by atoms with Gasteiger partial charge in [-0.1, -0.05) is 13.0 Å². The van der Waals surface area contributed by atoms with Crippen molar-refractivity contribution in [3.05, 3.63) is 47.5 Å². The van der Waals surface area contributed by atoms with Gasteiger partial charge in [0.1, 0.15) is 11.5 Å². The van der Waals surface area contributed by atoms with Crippen LogP contribution in [0.1, 0.15) is 48.1 Å². The first-order chi connectivity index (χ1) is 17.4. The van der Waals surface area contributed by atoms with Gasteiger partial charge in [-0.3, -0.25) is 4.79 Å². The van der Waals surface area contributed by atoms with E-state index in [9.17, 15) is 4.79 Å². The molecule has 0 spiro atoms. The first-order valence-corrected chi connectivity index (χ1v) is 12.3. The zero-order chi connectivity index (χ0) is 25.2. The summed E-state index contributed by atoms with van der Waals surface area (Å²) in [5.41, 5.74) is 5.87. The fourth-order valence-electron chi connectivity index (χ4n) is 4.98. The van der Waals surface area contributed by atoms with Gasteiger partial charge >= 0.3 is 0 Å². The number of aryl methyl sites for hydroxylation is 1. The van der Waals surface area contributed by atoms with Gasteiger partial charge in [-0.05, 0) is 55.9 Å². The molecule has 0 aliphatic carbocycles. The summed E-state index contributed by atoms with van der Waals surface area (Å²) in [6, 6.07) is 7.79. The average Bonchev–Trinajstić information content (AvgIpc) is 3.52. The number of piperidine rings is 1. The number of amidine groups is 1. The van der Waals surface area contributed by atoms with E-state index in [1.54, 1.807) is 10.6 Å². The number of pyridine rings is 2. The Labute approximate surface area is 209 Å². The highest BCUT2D eigenvalue weighted by atomic mass is 16.2. The lowest BCUT2D eigenvalue weighted by Crippen LogP contribution is -2.45. The number of anilines is 2. The van der Waals surface area contributed by atoms with E-state index >= 15 is 0 Å². The smallest absolute Gasteiger partial charge is 0.291 e. The van der Waals surface area contributed by atoms with Crippen molar-refractivity contribution in [2.45, 2.75) is 39.2 Å². The molecule has 36 heavy (non-hydrogen) atoms. The molecule has 12 nitrogen and oxygen atoms in total. The van der Waals surface area contributed by atoms with Crippen LogP contribution in [0.15, 0.2) is 35.6 Å². The molecular formula is C24H33N11O. The lowest BCUT2D eigenvalue weighted by atomic mass is 10.0. The Balaban J connectivity index is 1.22. The summed E-state index contributed by atoms with van der Waals surface area (Å²) in [4.78, 5) is 26.7. The summed E-state index contributed by atoms with van der Waals surface area (Å²) in [6.07, 6.45) is 4.74. The number of carbonyl (C=O) groups is 1. The minimum atomic E-state index is -0.245. The number of hydrazone groups is 1. The van der Waals surface area contributed by atoms with Crippen molar-refractivity contribution in [2.24, 2.45) is 22.7 Å². The van der Waals surface area contributed by atoms with E-state index in [0.29, 0.717) is 23.1 Å². The second-order valence-corrected chi connectivity index (χ2v) is 9.66. The normalized spacial score (nSPS) is 19.2. The van der Waals surface area contributed by atoms with Crippen molar-refractivity contribution in [2.75, 3.05) is 36.0 Å². The Morgan fingerprint density at radius 2 is 1.92 bits per heavy atom. The molecule has 5 heterocycles. The van der Waals surface area contributed by atoms with Crippen LogP contribution in [0.5, 0.6) is 0 Å². The van der Waals surface area contributed by atoms with Crippen LogP contribution in [-0.4, -0.2) is 63.5 Å². The minimum Gasteiger partial charge on any atom is -0.370 e. The Kier molecular flexibility index (Phi) is 6.59. The van der Waals surface area contributed by atoms with Gasteiger partial charge < -0.3 is 26.4 Å². The van der Waals surface area contributed by atoms with Gasteiger partial charge in [-0.2, -0.15) is 5.10 Å². The highest BCUT2D eigenvalue weighted by Gasteiger charge is 2.25. The molecule has 3 aromatic rings. The van der Waals surface area contributed by atoms with Gasteiger partial charge in [0.15, 0.2) is 11.5 Å². The van der Waals surface area contributed by atoms with Crippen LogP contribution >= 0.6 is 0 Å². The molecule has 1 unspecified atom stereocenters. The summed E-state index contributed by atoms with van der Waals surface area (Å²) in [7, 11) is 0. The standard InChI is InChI=1S/C24H33N11O/c1-15-6-9-34(13-15)18-12-16(2)23-29-22(32-35(23)14-18)24(36)27-17-7-10-33(11-8-17)20-5-3-4-19(28-20)21(30-25)31-26/h3-5,12,14-15,17H,6-11,13,25-26H2,1-2H3,(H,27,36)(H,30,31). The third-order valence-corrected chi connectivity index (χ3v) is 6.99. The number of hydrogen-bond acceptors (Lipinski definition) is 9. The van der Waals surface area contributed by atoms with Gasteiger partial charge in [-0.15, -0.1) is 5.10 Å². The maximum absolute atomic E-state index is 13.0. The van der Waals surface area contributed by atoms with Crippen LogP contribution in [0.3, 0.4) is 0 Å². The van der Waals surface area contributed by atoms with Gasteiger partial charge in [0.2, 0.25) is 5.82 Å². The van der Waals surface area contributed by atoms with Crippen LogP contribution in [-0.2, 0) is 0 Å². The molecule has 0 radical (unpaired) electrons. The summed E-state index contributed by atoms with van der Waals surface area (Å²) >= 11 is 0. The number of rotatable bonds is 5. The van der Waals surface area contributed by atoms with Crippen molar-refractivity contribution in [3.8, 4) is 0 Å². The Morgan fingerprint density at radius 3 is 2.61 bits per heavy atom. The maximum atomic E-state index is 13.0. The second-order valence-electron chi connectivity index (χ2n) is 9.66. The third-order valence-electron chi connectivity index (χ3n) is 6.99. The average molecular weight is 492 g/mol. The molecule has 6 N–H and O–H groups in total. The number of amides is 1. The Morgan fingerprint density at radius 1 is 1.14 bits per heavy atom. The highest BCUT2D eigenvalue weighted by Crippen LogP contribution is 2.25. The zero-order valence-electron chi connectivity index (χ0n) is 20.7. The molecule has 5 rings (SSSR count). The number of aromatic nitrogens is 4. The Hall–Kier alpha value is -3.93. The van der Waals surface area contributed by atoms with Crippen molar-refractivity contribution in [1.29, 1.82) is 0 Å². The number of fused-ring (bicyclic) bond motifs is 1. The van der Waals surface area contributed by atoms with E-state index in [0.717, 1.165) is 56.1 Å². The first kappa shape index (κ1) is 23.8. The number of nitrogens with one attached hydrogen (secondary N) is 2. The van der Waals surface area contributed by atoms with Gasteiger partial charge in [0.05, 0.1) is 11.9 Å². The summed E-state index contributed by atoms with van der Waals surface area (Å²) in [6.45, 7) is 7.87. The number of carbonyl (C=O) groups excluding carboxylic acids is 1. The molecule has 1 amide bonds. The molecule has 0 aromatic carbocycles. The number of nitrogens with zero attached hydrogens (tertiary/aromatic N) is 7. The van der Waals surface area contributed by atoms with Gasteiger partial charge in [-0.25, -0.2) is 20.3 Å². The van der Waals surface area contributed by atoms with E-state index < -0.39 is 0 Å². The van der Waals surface area contributed by atoms with E-state index in [2.05, 4.69) is 53.7 Å². The van der Waals surface area contributed by atoms with Crippen LogP contribution in [0, 0.1) is 12.8 Å². The highest BCUT2D eigenvalue weighted by molar-refractivity contribution is 5.96. The predicted molar refractivity (Wildman–Crippen MR) is 139 cm³/mol. The zero-order valence-corrected chi connectivity index (χ0v) is 20.7. The van der Waals surface area contributed by atoms with E-state index in [1.807, 2.05) is 25.3 Å². The van der Waals surface area contributed by atoms with Crippen molar-refractivity contribution < 1.29 is 4.79 Å². The van der Waals surface area contributed by atoms with E-state index in [1.165, 1.54) is 6.42 Å². The fourth-order valence-corrected chi connectivity index (χ4v) is 4.98. The number of nitrogens with two attached hydrogens (primary N) is 2. The predicted octanol–water partition coefficient (Wildman–Crippen LogP) is 0.761. The minimum absolute atomic E-state index is 0.0400.